The van der Waals surface area contributed by atoms with Crippen molar-refractivity contribution in [2.75, 3.05) is 32.7 Å². The normalized spacial score (nSPS) is 18.5. The lowest BCUT2D eigenvalue weighted by Gasteiger charge is -2.32. The van der Waals surface area contributed by atoms with Gasteiger partial charge in [0.15, 0.2) is 0 Å². The number of aromatic nitrogens is 2. The van der Waals surface area contributed by atoms with Crippen LogP contribution in [0.3, 0.4) is 0 Å². The maximum absolute atomic E-state index is 8.61. The number of hydrogen-bond donors (Lipinski definition) is 0. The molecule has 0 bridgehead atoms. The molecule has 0 unspecified atom stereocenters. The van der Waals surface area contributed by atoms with Crippen LogP contribution in [-0.2, 0) is 13.6 Å². The fourth-order valence-corrected chi connectivity index (χ4v) is 2.02. The summed E-state index contributed by atoms with van der Waals surface area (Å²) in [6.07, 6.45) is 3.98. The summed E-state index contributed by atoms with van der Waals surface area (Å²) in [7, 11) is 1.94. The largest absolute Gasteiger partial charge is 0.296 e. The Bertz CT molecular complexity index is 370. The fraction of sp³-hybridized carbons (Fsp3) is 0.636. The quantitative estimate of drug-likeness (QED) is 0.675. The van der Waals surface area contributed by atoms with Gasteiger partial charge in [0, 0.05) is 51.5 Å². The van der Waals surface area contributed by atoms with Crippen molar-refractivity contribution in [1.82, 2.24) is 19.6 Å². The van der Waals surface area contributed by atoms with E-state index < -0.39 is 0 Å². The number of hydrogen-bond acceptors (Lipinski definition) is 4. The molecule has 1 aromatic rings. The molecule has 2 rings (SSSR count). The zero-order chi connectivity index (χ0) is 11.4. The SMILES string of the molecule is Cn1cc(CN2CCN(CC#N)CC2)cn1. The van der Waals surface area contributed by atoms with E-state index in [9.17, 15) is 0 Å². The summed E-state index contributed by atoms with van der Waals surface area (Å²) in [5.74, 6) is 0. The molecule has 1 saturated heterocycles. The van der Waals surface area contributed by atoms with E-state index in [1.165, 1.54) is 5.56 Å². The van der Waals surface area contributed by atoms with Crippen molar-refractivity contribution < 1.29 is 0 Å². The minimum Gasteiger partial charge on any atom is -0.296 e. The zero-order valence-electron chi connectivity index (χ0n) is 9.63. The molecule has 86 valence electrons. The smallest absolute Gasteiger partial charge is 0.0866 e. The van der Waals surface area contributed by atoms with Gasteiger partial charge in [-0.3, -0.25) is 14.5 Å². The van der Waals surface area contributed by atoms with E-state index in [0.29, 0.717) is 6.54 Å². The molecule has 16 heavy (non-hydrogen) atoms. The van der Waals surface area contributed by atoms with Gasteiger partial charge in [-0.25, -0.2) is 0 Å². The summed E-state index contributed by atoms with van der Waals surface area (Å²) in [5, 5.41) is 12.8. The van der Waals surface area contributed by atoms with E-state index in [-0.39, 0.29) is 0 Å². The molecule has 0 saturated carbocycles. The van der Waals surface area contributed by atoms with Gasteiger partial charge in [-0.15, -0.1) is 0 Å². The van der Waals surface area contributed by atoms with Gasteiger partial charge >= 0.3 is 0 Å². The van der Waals surface area contributed by atoms with Crippen molar-refractivity contribution >= 4 is 0 Å². The van der Waals surface area contributed by atoms with Crippen molar-refractivity contribution in [3.8, 4) is 6.07 Å². The summed E-state index contributed by atoms with van der Waals surface area (Å²) < 4.78 is 1.83. The van der Waals surface area contributed by atoms with Gasteiger partial charge < -0.3 is 0 Å². The fourth-order valence-electron chi connectivity index (χ4n) is 2.02. The summed E-state index contributed by atoms with van der Waals surface area (Å²) in [5.41, 5.74) is 1.26. The Morgan fingerprint density at radius 3 is 2.56 bits per heavy atom. The van der Waals surface area contributed by atoms with Gasteiger partial charge in [-0.05, 0) is 0 Å². The first-order valence-electron chi connectivity index (χ1n) is 5.57. The molecule has 0 N–H and O–H groups in total. The molecular weight excluding hydrogens is 202 g/mol. The molecule has 0 radical (unpaired) electrons. The number of nitrogens with zero attached hydrogens (tertiary/aromatic N) is 5. The van der Waals surface area contributed by atoms with E-state index in [0.717, 1.165) is 32.7 Å². The molecule has 1 aliphatic rings. The lowest BCUT2D eigenvalue weighted by Crippen LogP contribution is -2.45. The molecule has 5 nitrogen and oxygen atoms in total. The number of aryl methyl sites for hydroxylation is 1. The molecule has 0 spiro atoms. The third-order valence-electron chi connectivity index (χ3n) is 2.92. The standard InChI is InChI=1S/C11H17N5/c1-14-9-11(8-13-14)10-16-6-4-15(3-2-12)5-7-16/h8-9H,3-7,10H2,1H3. The second kappa shape index (κ2) is 5.10. The minimum atomic E-state index is 0.556. The maximum atomic E-state index is 8.61. The van der Waals surface area contributed by atoms with Crippen LogP contribution < -0.4 is 0 Å². The molecular formula is C11H17N5. The first kappa shape index (κ1) is 11.1. The van der Waals surface area contributed by atoms with Crippen LogP contribution in [0.5, 0.6) is 0 Å². The van der Waals surface area contributed by atoms with Crippen molar-refractivity contribution in [3.63, 3.8) is 0 Å². The van der Waals surface area contributed by atoms with Crippen LogP contribution in [-0.4, -0.2) is 52.3 Å². The van der Waals surface area contributed by atoms with Gasteiger partial charge in [0.1, 0.15) is 0 Å². The second-order valence-electron chi connectivity index (χ2n) is 4.23. The van der Waals surface area contributed by atoms with Gasteiger partial charge in [0.25, 0.3) is 0 Å². The predicted molar refractivity (Wildman–Crippen MR) is 60.5 cm³/mol. The molecule has 0 aromatic carbocycles. The minimum absolute atomic E-state index is 0.556. The van der Waals surface area contributed by atoms with Gasteiger partial charge in [0.2, 0.25) is 0 Å². The maximum Gasteiger partial charge on any atom is 0.0866 e. The summed E-state index contributed by atoms with van der Waals surface area (Å²) in [6, 6.07) is 2.20. The van der Waals surface area contributed by atoms with Crippen molar-refractivity contribution in [2.45, 2.75) is 6.54 Å². The Morgan fingerprint density at radius 2 is 2.00 bits per heavy atom. The Morgan fingerprint density at radius 1 is 1.31 bits per heavy atom. The molecule has 0 atom stereocenters. The molecule has 1 aromatic heterocycles. The molecule has 1 fully saturated rings. The van der Waals surface area contributed by atoms with Gasteiger partial charge in [0.05, 0.1) is 18.8 Å². The predicted octanol–water partition coefficient (Wildman–Crippen LogP) is 0.0613. The third-order valence-corrected chi connectivity index (χ3v) is 2.92. The first-order chi connectivity index (χ1) is 7.78. The number of rotatable bonds is 3. The lowest BCUT2D eigenvalue weighted by molar-refractivity contribution is 0.138. The van der Waals surface area contributed by atoms with Gasteiger partial charge in [-0.2, -0.15) is 10.4 Å². The number of nitriles is 1. The van der Waals surface area contributed by atoms with E-state index >= 15 is 0 Å². The third kappa shape index (κ3) is 2.81. The monoisotopic (exact) mass is 219 g/mol. The molecule has 0 aliphatic carbocycles. The summed E-state index contributed by atoms with van der Waals surface area (Å²) in [4.78, 5) is 4.60. The molecule has 5 heteroatoms. The average Bonchev–Trinajstić information content (AvgIpc) is 2.67. The molecule has 2 heterocycles. The van der Waals surface area contributed by atoms with Gasteiger partial charge in [-0.1, -0.05) is 0 Å². The average molecular weight is 219 g/mol. The van der Waals surface area contributed by atoms with E-state index in [1.807, 2.05) is 17.9 Å². The molecule has 1 aliphatic heterocycles. The Balaban J connectivity index is 1.79. The number of piperazine rings is 1. The zero-order valence-corrected chi connectivity index (χ0v) is 9.63. The van der Waals surface area contributed by atoms with Crippen LogP contribution in [0, 0.1) is 11.3 Å². The second-order valence-corrected chi connectivity index (χ2v) is 4.23. The van der Waals surface area contributed by atoms with Crippen molar-refractivity contribution in [2.24, 2.45) is 7.05 Å². The van der Waals surface area contributed by atoms with Crippen molar-refractivity contribution in [3.05, 3.63) is 18.0 Å². The highest BCUT2D eigenvalue weighted by molar-refractivity contribution is 5.03. The van der Waals surface area contributed by atoms with E-state index in [1.54, 1.807) is 0 Å². The van der Waals surface area contributed by atoms with Crippen LogP contribution in [0.4, 0.5) is 0 Å². The Labute approximate surface area is 95.9 Å². The van der Waals surface area contributed by atoms with Crippen LogP contribution in [0.1, 0.15) is 5.56 Å². The highest BCUT2D eigenvalue weighted by Gasteiger charge is 2.16. The van der Waals surface area contributed by atoms with Crippen LogP contribution >= 0.6 is 0 Å². The molecule has 0 amide bonds. The van der Waals surface area contributed by atoms with E-state index in [2.05, 4.69) is 27.2 Å². The topological polar surface area (TPSA) is 48.1 Å². The lowest BCUT2D eigenvalue weighted by atomic mass is 10.2. The van der Waals surface area contributed by atoms with E-state index in [4.69, 9.17) is 5.26 Å². The highest BCUT2D eigenvalue weighted by atomic mass is 15.3. The first-order valence-corrected chi connectivity index (χ1v) is 5.57. The van der Waals surface area contributed by atoms with Crippen LogP contribution in [0.2, 0.25) is 0 Å². The Kier molecular flexibility index (Phi) is 3.54. The summed E-state index contributed by atoms with van der Waals surface area (Å²) in [6.45, 7) is 5.59. The highest BCUT2D eigenvalue weighted by Crippen LogP contribution is 2.07. The van der Waals surface area contributed by atoms with Crippen molar-refractivity contribution in [1.29, 1.82) is 5.26 Å². The summed E-state index contributed by atoms with van der Waals surface area (Å²) >= 11 is 0. The Hall–Kier alpha value is -1.38. The van der Waals surface area contributed by atoms with Crippen LogP contribution in [0.25, 0.3) is 0 Å². The van der Waals surface area contributed by atoms with Crippen LogP contribution in [0.15, 0.2) is 12.4 Å².